The fourth-order valence-corrected chi connectivity index (χ4v) is 1.15. The van der Waals surface area contributed by atoms with Gasteiger partial charge in [-0.15, -0.1) is 0 Å². The van der Waals surface area contributed by atoms with Crippen molar-refractivity contribution in [3.8, 4) is 11.8 Å². The Morgan fingerprint density at radius 1 is 1.50 bits per heavy atom. The maximum absolute atomic E-state index is 8.43. The Kier molecular flexibility index (Phi) is 5.71. The topological polar surface area (TPSA) is 45.5 Å². The van der Waals surface area contributed by atoms with E-state index in [2.05, 4.69) is 28.6 Å². The highest BCUT2D eigenvalue weighted by atomic mass is 16.4. The number of aromatic nitrogens is 1. The van der Waals surface area contributed by atoms with Gasteiger partial charge in [-0.25, -0.2) is 4.98 Å². The monoisotopic (exact) mass is 238 g/mol. The molecule has 0 aromatic carbocycles. The number of oxime groups is 1. The second-order valence-electron chi connectivity index (χ2n) is 3.29. The Labute approximate surface area is 107 Å². The third kappa shape index (κ3) is 4.50. The predicted molar refractivity (Wildman–Crippen MR) is 73.6 cm³/mol. The molecule has 0 atom stereocenters. The highest BCUT2D eigenvalue weighted by molar-refractivity contribution is 5.76. The Morgan fingerprint density at radius 2 is 2.33 bits per heavy atom. The molecule has 1 aromatic rings. The van der Waals surface area contributed by atoms with Crippen molar-refractivity contribution in [1.29, 1.82) is 0 Å². The van der Waals surface area contributed by atoms with Crippen molar-refractivity contribution in [2.75, 3.05) is 0 Å². The van der Waals surface area contributed by atoms with Gasteiger partial charge >= 0.3 is 0 Å². The molecule has 0 unspecified atom stereocenters. The van der Waals surface area contributed by atoms with Crippen LogP contribution in [0.25, 0.3) is 0 Å². The van der Waals surface area contributed by atoms with Crippen LogP contribution in [0.3, 0.4) is 0 Å². The van der Waals surface area contributed by atoms with E-state index >= 15 is 0 Å². The summed E-state index contributed by atoms with van der Waals surface area (Å²) < 4.78 is 0. The van der Waals surface area contributed by atoms with Crippen molar-refractivity contribution in [3.63, 3.8) is 0 Å². The van der Waals surface area contributed by atoms with Crippen LogP contribution < -0.4 is 0 Å². The molecule has 0 saturated heterocycles. The second-order valence-corrected chi connectivity index (χ2v) is 3.29. The molecule has 90 valence electrons. The number of pyridine rings is 1. The average Bonchev–Trinajstić information content (AvgIpc) is 2.40. The van der Waals surface area contributed by atoms with E-state index in [1.54, 1.807) is 24.3 Å². The number of rotatable bonds is 3. The van der Waals surface area contributed by atoms with Crippen LogP contribution in [0.1, 0.15) is 18.3 Å². The van der Waals surface area contributed by atoms with Crippen LogP contribution in [-0.2, 0) is 0 Å². The van der Waals surface area contributed by atoms with Crippen molar-refractivity contribution >= 4 is 6.21 Å². The van der Waals surface area contributed by atoms with Crippen LogP contribution in [0, 0.1) is 11.8 Å². The molecule has 18 heavy (non-hydrogen) atoms. The smallest absolute Gasteiger partial charge is 0.114 e. The summed E-state index contributed by atoms with van der Waals surface area (Å²) in [5.74, 6) is 5.89. The zero-order valence-electron chi connectivity index (χ0n) is 10.2. The summed E-state index contributed by atoms with van der Waals surface area (Å²) >= 11 is 0. The maximum Gasteiger partial charge on any atom is 0.114 e. The van der Waals surface area contributed by atoms with Gasteiger partial charge in [-0.3, -0.25) is 0 Å². The van der Waals surface area contributed by atoms with Crippen molar-refractivity contribution in [2.24, 2.45) is 5.16 Å². The Bertz CT molecular complexity index is 557. The Hall–Kier alpha value is -2.60. The maximum atomic E-state index is 8.43. The van der Waals surface area contributed by atoms with Crippen molar-refractivity contribution in [2.45, 2.75) is 6.92 Å². The molecule has 0 aliphatic carbocycles. The normalized spacial score (nSPS) is 11.5. The van der Waals surface area contributed by atoms with Gasteiger partial charge in [0.25, 0.3) is 0 Å². The summed E-state index contributed by atoms with van der Waals surface area (Å²) in [5, 5.41) is 11.4. The van der Waals surface area contributed by atoms with Crippen molar-refractivity contribution in [3.05, 3.63) is 66.0 Å². The fraction of sp³-hybridized carbons (Fsp3) is 0.0667. The Morgan fingerprint density at radius 3 is 3.00 bits per heavy atom. The van der Waals surface area contributed by atoms with E-state index in [-0.39, 0.29) is 0 Å². The molecule has 0 bridgehead atoms. The lowest BCUT2D eigenvalue weighted by molar-refractivity contribution is 0.321. The van der Waals surface area contributed by atoms with Crippen LogP contribution in [0.4, 0.5) is 0 Å². The Balaban J connectivity index is 2.97. The zero-order chi connectivity index (χ0) is 13.2. The molecule has 0 spiro atoms. The van der Waals surface area contributed by atoms with Crippen molar-refractivity contribution < 1.29 is 5.21 Å². The lowest BCUT2D eigenvalue weighted by Crippen LogP contribution is -1.90. The summed E-state index contributed by atoms with van der Waals surface area (Å²) in [6, 6.07) is 5.32. The highest BCUT2D eigenvalue weighted by Crippen LogP contribution is 1.98. The number of hydrogen-bond donors (Lipinski definition) is 1. The number of allylic oxidation sites excluding steroid dienone is 5. The average molecular weight is 238 g/mol. The van der Waals surface area contributed by atoms with Gasteiger partial charge in [0.1, 0.15) is 5.69 Å². The van der Waals surface area contributed by atoms with Gasteiger partial charge in [-0.1, -0.05) is 41.9 Å². The van der Waals surface area contributed by atoms with E-state index in [0.29, 0.717) is 11.4 Å². The second kappa shape index (κ2) is 7.64. The molecule has 0 amide bonds. The number of hydrogen-bond acceptors (Lipinski definition) is 3. The summed E-state index contributed by atoms with van der Waals surface area (Å²) in [6.45, 7) is 5.63. The van der Waals surface area contributed by atoms with Crippen molar-refractivity contribution in [1.82, 2.24) is 4.98 Å². The summed E-state index contributed by atoms with van der Waals surface area (Å²) in [6.07, 6.45) is 8.63. The molecule has 1 rings (SSSR count). The lowest BCUT2D eigenvalue weighted by Gasteiger charge is -1.92. The van der Waals surface area contributed by atoms with Gasteiger partial charge < -0.3 is 5.21 Å². The van der Waals surface area contributed by atoms with Crippen LogP contribution >= 0.6 is 0 Å². The van der Waals surface area contributed by atoms with Crippen LogP contribution in [-0.4, -0.2) is 16.4 Å². The molecule has 1 N–H and O–H groups in total. The SMILES string of the molecule is C=C/C(C#Cc1cccc(/C=N/O)n1)=C\C=C/C. The molecular formula is C15H14N2O. The van der Waals surface area contributed by atoms with E-state index < -0.39 is 0 Å². The molecule has 0 radical (unpaired) electrons. The van der Waals surface area contributed by atoms with E-state index in [1.165, 1.54) is 6.21 Å². The van der Waals surface area contributed by atoms with Gasteiger partial charge in [0, 0.05) is 5.57 Å². The third-order valence-electron chi connectivity index (χ3n) is 1.98. The van der Waals surface area contributed by atoms with Crippen LogP contribution in [0.15, 0.2) is 59.8 Å². The fourth-order valence-electron chi connectivity index (χ4n) is 1.15. The van der Waals surface area contributed by atoms with Crippen LogP contribution in [0.5, 0.6) is 0 Å². The first kappa shape index (κ1) is 13.5. The van der Waals surface area contributed by atoms with E-state index in [4.69, 9.17) is 5.21 Å². The minimum atomic E-state index is 0.557. The first-order valence-electron chi connectivity index (χ1n) is 5.42. The molecule has 0 saturated carbocycles. The molecule has 3 nitrogen and oxygen atoms in total. The first-order chi connectivity index (χ1) is 8.80. The molecule has 0 aliphatic heterocycles. The quantitative estimate of drug-likeness (QED) is 0.289. The van der Waals surface area contributed by atoms with Gasteiger partial charge in [0.2, 0.25) is 0 Å². The first-order valence-corrected chi connectivity index (χ1v) is 5.42. The van der Waals surface area contributed by atoms with E-state index in [9.17, 15) is 0 Å². The standard InChI is InChI=1S/C15H14N2O/c1-3-5-7-13(4-2)10-11-14-8-6-9-15(17-14)12-16-18/h3-9,12,18H,2H2,1H3/b5-3-,13-7+,16-12+. The summed E-state index contributed by atoms with van der Waals surface area (Å²) in [5.41, 5.74) is 1.98. The van der Waals surface area contributed by atoms with Gasteiger partial charge in [0.05, 0.1) is 11.9 Å². The largest absolute Gasteiger partial charge is 0.411 e. The van der Waals surface area contributed by atoms with Crippen LogP contribution in [0.2, 0.25) is 0 Å². The third-order valence-corrected chi connectivity index (χ3v) is 1.98. The molecule has 0 fully saturated rings. The lowest BCUT2D eigenvalue weighted by atomic mass is 10.2. The minimum Gasteiger partial charge on any atom is -0.411 e. The summed E-state index contributed by atoms with van der Waals surface area (Å²) in [4.78, 5) is 4.19. The highest BCUT2D eigenvalue weighted by Gasteiger charge is 1.91. The molecule has 3 heteroatoms. The molecular weight excluding hydrogens is 224 g/mol. The molecule has 0 aliphatic rings. The van der Waals surface area contributed by atoms with E-state index in [1.807, 2.05) is 25.2 Å². The minimum absolute atomic E-state index is 0.557. The van der Waals surface area contributed by atoms with Gasteiger partial charge in [-0.2, -0.15) is 0 Å². The number of nitrogens with zero attached hydrogens (tertiary/aromatic N) is 2. The van der Waals surface area contributed by atoms with Gasteiger partial charge in [0.15, 0.2) is 0 Å². The van der Waals surface area contributed by atoms with Gasteiger partial charge in [-0.05, 0) is 31.1 Å². The predicted octanol–water partition coefficient (Wildman–Crippen LogP) is 2.93. The summed E-state index contributed by atoms with van der Waals surface area (Å²) in [7, 11) is 0. The zero-order valence-corrected chi connectivity index (χ0v) is 10.2. The molecule has 1 heterocycles. The van der Waals surface area contributed by atoms with E-state index in [0.717, 1.165) is 5.57 Å². The molecule has 1 aromatic heterocycles.